The number of hydrogen-bond acceptors (Lipinski definition) is 7. The summed E-state index contributed by atoms with van der Waals surface area (Å²) in [6, 6.07) is 23.3. The average molecular weight is 434 g/mol. The van der Waals surface area contributed by atoms with Gasteiger partial charge in [0.1, 0.15) is 13.2 Å². The summed E-state index contributed by atoms with van der Waals surface area (Å²) in [4.78, 5) is 36.8. The Morgan fingerprint density at radius 1 is 0.750 bits per heavy atom. The molecule has 0 aromatic heterocycles. The minimum absolute atomic E-state index is 0.0586. The smallest absolute Gasteiger partial charge is 0.338 e. The molecule has 0 aliphatic heterocycles. The third-order valence-electron chi connectivity index (χ3n) is 4.61. The van der Waals surface area contributed by atoms with Crippen LogP contribution in [0.25, 0.3) is 0 Å². The van der Waals surface area contributed by atoms with Gasteiger partial charge in [-0.2, -0.15) is 0 Å². The van der Waals surface area contributed by atoms with Crippen LogP contribution in [0, 0.1) is 10.1 Å². The third-order valence-corrected chi connectivity index (χ3v) is 4.61. The van der Waals surface area contributed by atoms with E-state index in [0.29, 0.717) is 16.8 Å². The van der Waals surface area contributed by atoms with Crippen molar-refractivity contribution in [1.82, 2.24) is 0 Å². The van der Waals surface area contributed by atoms with Crippen molar-refractivity contribution in [2.24, 2.45) is 0 Å². The van der Waals surface area contributed by atoms with Gasteiger partial charge in [0.15, 0.2) is 0 Å². The van der Waals surface area contributed by atoms with Gasteiger partial charge >= 0.3 is 11.9 Å². The molecule has 0 N–H and O–H groups in total. The van der Waals surface area contributed by atoms with Crippen molar-refractivity contribution in [2.75, 3.05) is 31.2 Å². The van der Waals surface area contributed by atoms with E-state index in [1.807, 2.05) is 0 Å². The number of anilines is 1. The number of nitro groups is 1. The summed E-state index contributed by atoms with van der Waals surface area (Å²) in [5.41, 5.74) is 1.37. The van der Waals surface area contributed by atoms with E-state index in [9.17, 15) is 19.7 Å². The molecule has 0 fully saturated rings. The number of carbonyl (C=O) groups excluding carboxylic acids is 2. The summed E-state index contributed by atoms with van der Waals surface area (Å²) >= 11 is 0. The van der Waals surface area contributed by atoms with Gasteiger partial charge in [0.2, 0.25) is 0 Å². The zero-order valence-electron chi connectivity index (χ0n) is 17.3. The number of esters is 2. The minimum atomic E-state index is -0.480. The van der Waals surface area contributed by atoms with Crippen LogP contribution in [-0.2, 0) is 9.47 Å². The largest absolute Gasteiger partial charge is 0.460 e. The van der Waals surface area contributed by atoms with E-state index in [4.69, 9.17) is 9.47 Å². The molecular weight excluding hydrogens is 412 g/mol. The Morgan fingerprint density at radius 3 is 1.72 bits per heavy atom. The second-order valence-corrected chi connectivity index (χ2v) is 6.77. The highest BCUT2D eigenvalue weighted by molar-refractivity contribution is 5.89. The standard InChI is InChI=1S/C24H22N2O6/c27-23(19-8-3-1-4-9-19)31-16-14-25(21-12-7-13-22(18-21)26(29)30)15-17-32-24(28)20-10-5-2-6-11-20/h1-13,18H,14-17H2. The van der Waals surface area contributed by atoms with E-state index in [1.54, 1.807) is 77.7 Å². The van der Waals surface area contributed by atoms with E-state index >= 15 is 0 Å². The SMILES string of the molecule is O=C(OCCN(CCOC(=O)c1ccccc1)c1cccc([N+](=O)[O-])c1)c1ccccc1. The Kier molecular flexibility index (Phi) is 7.91. The van der Waals surface area contributed by atoms with E-state index in [-0.39, 0.29) is 32.0 Å². The van der Waals surface area contributed by atoms with E-state index in [1.165, 1.54) is 12.1 Å². The highest BCUT2D eigenvalue weighted by atomic mass is 16.6. The molecule has 0 spiro atoms. The molecule has 8 nitrogen and oxygen atoms in total. The molecule has 0 aliphatic rings. The number of carbonyl (C=O) groups is 2. The van der Waals surface area contributed by atoms with Gasteiger partial charge in [-0.05, 0) is 30.3 Å². The van der Waals surface area contributed by atoms with E-state index in [2.05, 4.69) is 0 Å². The molecule has 164 valence electrons. The lowest BCUT2D eigenvalue weighted by Gasteiger charge is -2.24. The first kappa shape index (κ1) is 22.5. The number of nitrogens with zero attached hydrogens (tertiary/aromatic N) is 2. The van der Waals surface area contributed by atoms with Gasteiger partial charge in [-0.1, -0.05) is 42.5 Å². The van der Waals surface area contributed by atoms with Crippen LogP contribution >= 0.6 is 0 Å². The summed E-state index contributed by atoms with van der Waals surface area (Å²) in [6.07, 6.45) is 0. The van der Waals surface area contributed by atoms with E-state index < -0.39 is 16.9 Å². The molecule has 8 heteroatoms. The Hall–Kier alpha value is -4.20. The summed E-state index contributed by atoms with van der Waals surface area (Å²) in [6.45, 7) is 0.650. The first-order valence-corrected chi connectivity index (χ1v) is 9.98. The predicted octanol–water partition coefficient (Wildman–Crippen LogP) is 4.12. The van der Waals surface area contributed by atoms with Gasteiger partial charge in [-0.3, -0.25) is 10.1 Å². The molecule has 0 saturated heterocycles. The number of ether oxygens (including phenoxy) is 2. The van der Waals surface area contributed by atoms with Crippen LogP contribution in [0.15, 0.2) is 84.9 Å². The summed E-state index contributed by atoms with van der Waals surface area (Å²) < 4.78 is 10.7. The number of benzene rings is 3. The number of hydrogen-bond donors (Lipinski definition) is 0. The van der Waals surface area contributed by atoms with Gasteiger partial charge in [-0.15, -0.1) is 0 Å². The fourth-order valence-corrected chi connectivity index (χ4v) is 2.99. The van der Waals surface area contributed by atoms with Gasteiger partial charge < -0.3 is 14.4 Å². The second kappa shape index (κ2) is 11.3. The lowest BCUT2D eigenvalue weighted by Crippen LogP contribution is -2.32. The van der Waals surface area contributed by atoms with Gasteiger partial charge in [0.25, 0.3) is 5.69 Å². The van der Waals surface area contributed by atoms with Gasteiger partial charge in [0.05, 0.1) is 29.1 Å². The van der Waals surface area contributed by atoms with Crippen molar-refractivity contribution in [3.8, 4) is 0 Å². The zero-order chi connectivity index (χ0) is 22.8. The Morgan fingerprint density at radius 2 is 1.25 bits per heavy atom. The van der Waals surface area contributed by atoms with Crippen LogP contribution in [0.2, 0.25) is 0 Å². The maximum absolute atomic E-state index is 12.2. The van der Waals surface area contributed by atoms with Crippen LogP contribution < -0.4 is 4.90 Å². The molecule has 3 aromatic carbocycles. The summed E-state index contributed by atoms with van der Waals surface area (Å²) in [5.74, 6) is -0.916. The first-order chi connectivity index (χ1) is 15.5. The highest BCUT2D eigenvalue weighted by Gasteiger charge is 2.14. The monoisotopic (exact) mass is 434 g/mol. The van der Waals surface area contributed by atoms with Crippen LogP contribution in [0.5, 0.6) is 0 Å². The van der Waals surface area contributed by atoms with Crippen LogP contribution in [-0.4, -0.2) is 43.2 Å². The lowest BCUT2D eigenvalue weighted by molar-refractivity contribution is -0.384. The molecule has 0 amide bonds. The quantitative estimate of drug-likeness (QED) is 0.269. The zero-order valence-corrected chi connectivity index (χ0v) is 17.3. The molecule has 3 rings (SSSR count). The van der Waals surface area contributed by atoms with Crippen molar-refractivity contribution in [2.45, 2.75) is 0 Å². The normalized spacial score (nSPS) is 10.2. The van der Waals surface area contributed by atoms with Crippen LogP contribution in [0.1, 0.15) is 20.7 Å². The summed E-state index contributed by atoms with van der Waals surface area (Å²) in [5, 5.41) is 11.1. The third kappa shape index (κ3) is 6.40. The first-order valence-electron chi connectivity index (χ1n) is 9.98. The molecule has 0 atom stereocenters. The molecular formula is C24H22N2O6. The van der Waals surface area contributed by atoms with Crippen molar-refractivity contribution in [3.63, 3.8) is 0 Å². The Labute approximate surface area is 185 Å². The molecule has 3 aromatic rings. The van der Waals surface area contributed by atoms with Gasteiger partial charge in [-0.25, -0.2) is 9.59 Å². The Balaban J connectivity index is 1.63. The van der Waals surface area contributed by atoms with Crippen molar-refractivity contribution in [3.05, 3.63) is 106 Å². The van der Waals surface area contributed by atoms with Crippen molar-refractivity contribution < 1.29 is 24.0 Å². The highest BCUT2D eigenvalue weighted by Crippen LogP contribution is 2.21. The fraction of sp³-hybridized carbons (Fsp3) is 0.167. The molecule has 0 aliphatic carbocycles. The minimum Gasteiger partial charge on any atom is -0.460 e. The van der Waals surface area contributed by atoms with Crippen LogP contribution in [0.4, 0.5) is 11.4 Å². The van der Waals surface area contributed by atoms with Gasteiger partial charge in [0, 0.05) is 17.8 Å². The maximum atomic E-state index is 12.2. The molecule has 0 unspecified atom stereocenters. The molecule has 32 heavy (non-hydrogen) atoms. The average Bonchev–Trinajstić information content (AvgIpc) is 2.84. The van der Waals surface area contributed by atoms with Crippen molar-refractivity contribution >= 4 is 23.3 Å². The molecule has 0 radical (unpaired) electrons. The van der Waals surface area contributed by atoms with Crippen molar-refractivity contribution in [1.29, 1.82) is 0 Å². The maximum Gasteiger partial charge on any atom is 0.338 e. The Bertz CT molecular complexity index is 999. The fourth-order valence-electron chi connectivity index (χ4n) is 2.99. The predicted molar refractivity (Wildman–Crippen MR) is 119 cm³/mol. The molecule has 0 bridgehead atoms. The topological polar surface area (TPSA) is 99.0 Å². The van der Waals surface area contributed by atoms with Crippen LogP contribution in [0.3, 0.4) is 0 Å². The molecule has 0 saturated carbocycles. The second-order valence-electron chi connectivity index (χ2n) is 6.77. The number of rotatable bonds is 10. The molecule has 0 heterocycles. The number of non-ortho nitro benzene ring substituents is 1. The van der Waals surface area contributed by atoms with E-state index in [0.717, 1.165) is 0 Å². The number of nitro benzene ring substituents is 1. The lowest BCUT2D eigenvalue weighted by atomic mass is 10.2. The summed E-state index contributed by atoms with van der Waals surface area (Å²) in [7, 11) is 0.